The van der Waals surface area contributed by atoms with Crippen molar-refractivity contribution in [3.05, 3.63) is 88.2 Å². The molecule has 0 fully saturated rings. The maximum absolute atomic E-state index is 12.7. The van der Waals surface area contributed by atoms with Gasteiger partial charge in [0.15, 0.2) is 0 Å². The van der Waals surface area contributed by atoms with Crippen LogP contribution in [0.4, 0.5) is 5.82 Å². The van der Waals surface area contributed by atoms with Crippen molar-refractivity contribution in [2.24, 2.45) is 0 Å². The number of carbonyl (C=O) groups is 1. The molecule has 6 heteroatoms. The lowest BCUT2D eigenvalue weighted by molar-refractivity contribution is 0.0950. The van der Waals surface area contributed by atoms with E-state index in [0.717, 1.165) is 36.5 Å². The molecule has 0 aliphatic carbocycles. The molecule has 30 heavy (non-hydrogen) atoms. The van der Waals surface area contributed by atoms with Gasteiger partial charge in [0, 0.05) is 48.8 Å². The second-order valence-corrected chi connectivity index (χ2v) is 8.50. The second kappa shape index (κ2) is 7.88. The summed E-state index contributed by atoms with van der Waals surface area (Å²) in [7, 11) is 0. The van der Waals surface area contributed by atoms with Crippen molar-refractivity contribution in [2.45, 2.75) is 26.4 Å². The van der Waals surface area contributed by atoms with E-state index in [1.807, 2.05) is 37.4 Å². The van der Waals surface area contributed by atoms with Crippen LogP contribution in [0.25, 0.3) is 10.1 Å². The summed E-state index contributed by atoms with van der Waals surface area (Å²) < 4.78 is 1.24. The largest absolute Gasteiger partial charge is 0.352 e. The molecule has 0 spiro atoms. The minimum absolute atomic E-state index is 0.0966. The van der Waals surface area contributed by atoms with Crippen LogP contribution in [-0.4, -0.2) is 22.4 Å². The topological polar surface area (TPSA) is 58.1 Å². The lowest BCUT2D eigenvalue weighted by Gasteiger charge is -2.30. The van der Waals surface area contributed by atoms with E-state index in [9.17, 15) is 4.79 Å². The fourth-order valence-electron chi connectivity index (χ4n) is 4.02. The van der Waals surface area contributed by atoms with Gasteiger partial charge in [-0.15, -0.1) is 11.3 Å². The zero-order valence-electron chi connectivity index (χ0n) is 16.8. The second-order valence-electron chi connectivity index (χ2n) is 7.59. The van der Waals surface area contributed by atoms with E-state index in [1.54, 1.807) is 17.5 Å². The van der Waals surface area contributed by atoms with Crippen molar-refractivity contribution in [3.8, 4) is 0 Å². The summed E-state index contributed by atoms with van der Waals surface area (Å²) in [5.74, 6) is 0.838. The van der Waals surface area contributed by atoms with Gasteiger partial charge in [-0.3, -0.25) is 9.78 Å². The Bertz CT molecular complexity index is 1230. The summed E-state index contributed by atoms with van der Waals surface area (Å²) in [6, 6.07) is 14.3. The number of aromatic nitrogens is 2. The predicted molar refractivity (Wildman–Crippen MR) is 121 cm³/mol. The Morgan fingerprint density at radius 2 is 2.10 bits per heavy atom. The van der Waals surface area contributed by atoms with Gasteiger partial charge in [-0.05, 0) is 52.6 Å². The van der Waals surface area contributed by atoms with Crippen LogP contribution in [0.15, 0.2) is 60.2 Å². The zero-order chi connectivity index (χ0) is 20.5. The number of fused-ring (bicyclic) bond motifs is 2. The number of carbonyl (C=O) groups excluding carboxylic acids is 1. The quantitative estimate of drug-likeness (QED) is 0.534. The number of rotatable bonds is 4. The number of amides is 1. The molecular weight excluding hydrogens is 392 g/mol. The molecule has 0 saturated heterocycles. The molecule has 1 N–H and O–H groups in total. The van der Waals surface area contributed by atoms with Crippen LogP contribution in [0.1, 0.15) is 32.7 Å². The number of thiophene rings is 1. The van der Waals surface area contributed by atoms with E-state index in [4.69, 9.17) is 0 Å². The van der Waals surface area contributed by atoms with Crippen LogP contribution in [0.2, 0.25) is 0 Å². The number of hydrogen-bond acceptors (Lipinski definition) is 5. The van der Waals surface area contributed by atoms with Gasteiger partial charge >= 0.3 is 0 Å². The molecule has 1 aromatic carbocycles. The molecule has 0 saturated carbocycles. The molecule has 4 aromatic rings. The highest BCUT2D eigenvalue weighted by molar-refractivity contribution is 7.17. The number of nitrogens with zero attached hydrogens (tertiary/aromatic N) is 3. The maximum atomic E-state index is 12.7. The SMILES string of the molecule is Cc1cc(C(=O)NCc2csc3ccccc23)cnc1N1CCc2ncccc2C1. The standard InChI is InChI=1S/C24H22N4OS/c1-16-11-18(24(29)27-13-19-15-30-22-7-3-2-6-20(19)22)12-26-23(16)28-10-8-21-17(14-28)5-4-9-25-21/h2-7,9,11-12,15H,8,10,13-14H2,1H3,(H,27,29). The number of pyridine rings is 2. The summed E-state index contributed by atoms with van der Waals surface area (Å²) in [5.41, 5.74) is 5.16. The third kappa shape index (κ3) is 3.55. The Kier molecular flexibility index (Phi) is 4.93. The smallest absolute Gasteiger partial charge is 0.253 e. The third-order valence-corrected chi connectivity index (χ3v) is 6.59. The Morgan fingerprint density at radius 3 is 3.00 bits per heavy atom. The highest BCUT2D eigenvalue weighted by Gasteiger charge is 2.20. The fraction of sp³-hybridized carbons (Fsp3) is 0.208. The van der Waals surface area contributed by atoms with Gasteiger partial charge in [-0.1, -0.05) is 24.3 Å². The van der Waals surface area contributed by atoms with Gasteiger partial charge < -0.3 is 10.2 Å². The summed E-state index contributed by atoms with van der Waals surface area (Å²) in [6.45, 7) is 4.21. The number of anilines is 1. The van der Waals surface area contributed by atoms with Crippen molar-refractivity contribution < 1.29 is 4.79 Å². The number of nitrogens with one attached hydrogen (secondary N) is 1. The first kappa shape index (κ1) is 18.8. The summed E-state index contributed by atoms with van der Waals surface area (Å²) >= 11 is 1.70. The van der Waals surface area contributed by atoms with Gasteiger partial charge in [0.1, 0.15) is 5.82 Å². The Morgan fingerprint density at radius 1 is 1.20 bits per heavy atom. The molecule has 3 aromatic heterocycles. The first-order valence-corrected chi connectivity index (χ1v) is 10.9. The molecule has 5 nitrogen and oxygen atoms in total. The van der Waals surface area contributed by atoms with Crippen molar-refractivity contribution in [2.75, 3.05) is 11.4 Å². The lowest BCUT2D eigenvalue weighted by atomic mass is 10.0. The monoisotopic (exact) mass is 414 g/mol. The number of aryl methyl sites for hydroxylation is 1. The molecule has 0 unspecified atom stereocenters. The van der Waals surface area contributed by atoms with Gasteiger partial charge in [0.05, 0.1) is 5.56 Å². The minimum Gasteiger partial charge on any atom is -0.352 e. The number of hydrogen-bond donors (Lipinski definition) is 1. The third-order valence-electron chi connectivity index (χ3n) is 5.58. The number of benzene rings is 1. The Labute approximate surface area is 179 Å². The molecule has 1 aliphatic rings. The molecule has 0 radical (unpaired) electrons. The Hall–Kier alpha value is -3.25. The fourth-order valence-corrected chi connectivity index (χ4v) is 4.98. The first-order chi connectivity index (χ1) is 14.7. The maximum Gasteiger partial charge on any atom is 0.253 e. The minimum atomic E-state index is -0.0966. The average molecular weight is 415 g/mol. The summed E-state index contributed by atoms with van der Waals surface area (Å²) in [4.78, 5) is 24.1. The summed E-state index contributed by atoms with van der Waals surface area (Å²) in [5, 5.41) is 6.35. The van der Waals surface area contributed by atoms with Crippen LogP contribution in [-0.2, 0) is 19.5 Å². The molecule has 4 heterocycles. The van der Waals surface area contributed by atoms with E-state index >= 15 is 0 Å². The van der Waals surface area contributed by atoms with E-state index < -0.39 is 0 Å². The lowest BCUT2D eigenvalue weighted by Crippen LogP contribution is -2.32. The van der Waals surface area contributed by atoms with Crippen LogP contribution < -0.4 is 10.2 Å². The van der Waals surface area contributed by atoms with Crippen LogP contribution in [0, 0.1) is 6.92 Å². The van der Waals surface area contributed by atoms with Crippen LogP contribution in [0.5, 0.6) is 0 Å². The van der Waals surface area contributed by atoms with Gasteiger partial charge in [-0.2, -0.15) is 0 Å². The summed E-state index contributed by atoms with van der Waals surface area (Å²) in [6.07, 6.45) is 4.45. The van der Waals surface area contributed by atoms with E-state index in [1.165, 1.54) is 21.3 Å². The van der Waals surface area contributed by atoms with Crippen molar-refractivity contribution in [1.82, 2.24) is 15.3 Å². The van der Waals surface area contributed by atoms with Crippen LogP contribution in [0.3, 0.4) is 0 Å². The molecule has 0 atom stereocenters. The molecule has 5 rings (SSSR count). The van der Waals surface area contributed by atoms with Crippen molar-refractivity contribution >= 4 is 33.1 Å². The predicted octanol–water partition coefficient (Wildman–Crippen LogP) is 4.49. The van der Waals surface area contributed by atoms with E-state index in [2.05, 4.69) is 43.8 Å². The van der Waals surface area contributed by atoms with Crippen molar-refractivity contribution in [3.63, 3.8) is 0 Å². The Balaban J connectivity index is 1.29. The van der Waals surface area contributed by atoms with E-state index in [-0.39, 0.29) is 5.91 Å². The molecule has 1 aliphatic heterocycles. The first-order valence-electron chi connectivity index (χ1n) is 10.1. The molecular formula is C24H22N4OS. The zero-order valence-corrected chi connectivity index (χ0v) is 17.6. The molecule has 1 amide bonds. The highest BCUT2D eigenvalue weighted by Crippen LogP contribution is 2.26. The molecule has 150 valence electrons. The normalized spacial score (nSPS) is 13.3. The molecule has 0 bridgehead atoms. The van der Waals surface area contributed by atoms with Gasteiger partial charge in [-0.25, -0.2) is 4.98 Å². The van der Waals surface area contributed by atoms with Crippen LogP contribution >= 0.6 is 11.3 Å². The average Bonchev–Trinajstić information content (AvgIpc) is 3.20. The highest BCUT2D eigenvalue weighted by atomic mass is 32.1. The van der Waals surface area contributed by atoms with Gasteiger partial charge in [0.2, 0.25) is 0 Å². The van der Waals surface area contributed by atoms with Gasteiger partial charge in [0.25, 0.3) is 5.91 Å². The van der Waals surface area contributed by atoms with E-state index in [0.29, 0.717) is 12.1 Å². The van der Waals surface area contributed by atoms with Crippen molar-refractivity contribution in [1.29, 1.82) is 0 Å².